The van der Waals surface area contributed by atoms with Crippen molar-refractivity contribution in [1.82, 2.24) is 5.32 Å². The SMILES string of the molecule is CNC(=O)c1cc([N+](=O)[O-])ccc1NCCc1ccc(CO)cc1. The molecular formula is C17H19N3O4. The van der Waals surface area contributed by atoms with Crippen molar-refractivity contribution in [2.24, 2.45) is 0 Å². The summed E-state index contributed by atoms with van der Waals surface area (Å²) in [6, 6.07) is 11.7. The molecule has 0 aliphatic rings. The highest BCUT2D eigenvalue weighted by atomic mass is 16.6. The first-order chi connectivity index (χ1) is 11.5. The van der Waals surface area contributed by atoms with Gasteiger partial charge in [0.1, 0.15) is 0 Å². The Labute approximate surface area is 139 Å². The molecule has 0 fully saturated rings. The maximum atomic E-state index is 11.9. The number of amides is 1. The molecule has 24 heavy (non-hydrogen) atoms. The summed E-state index contributed by atoms with van der Waals surface area (Å²) in [5.74, 6) is -0.381. The lowest BCUT2D eigenvalue weighted by Gasteiger charge is -2.11. The van der Waals surface area contributed by atoms with E-state index in [4.69, 9.17) is 5.11 Å². The van der Waals surface area contributed by atoms with Crippen LogP contribution in [0.2, 0.25) is 0 Å². The highest BCUT2D eigenvalue weighted by Crippen LogP contribution is 2.22. The molecule has 0 aromatic heterocycles. The van der Waals surface area contributed by atoms with Gasteiger partial charge in [-0.15, -0.1) is 0 Å². The van der Waals surface area contributed by atoms with E-state index in [1.54, 1.807) is 0 Å². The normalized spacial score (nSPS) is 10.2. The predicted molar refractivity (Wildman–Crippen MR) is 91.0 cm³/mol. The second-order valence-electron chi connectivity index (χ2n) is 5.22. The van der Waals surface area contributed by atoms with Crippen LogP contribution in [0.3, 0.4) is 0 Å². The minimum absolute atomic E-state index is 0.0107. The zero-order valence-corrected chi connectivity index (χ0v) is 13.3. The number of nitro benzene ring substituents is 1. The molecule has 3 N–H and O–H groups in total. The summed E-state index contributed by atoms with van der Waals surface area (Å²) >= 11 is 0. The first-order valence-corrected chi connectivity index (χ1v) is 7.48. The molecule has 0 saturated heterocycles. The Hall–Kier alpha value is -2.93. The van der Waals surface area contributed by atoms with Crippen molar-refractivity contribution < 1.29 is 14.8 Å². The van der Waals surface area contributed by atoms with Gasteiger partial charge >= 0.3 is 0 Å². The van der Waals surface area contributed by atoms with Gasteiger partial charge in [0.15, 0.2) is 0 Å². The molecule has 2 aromatic carbocycles. The number of nitro groups is 1. The molecule has 0 saturated carbocycles. The van der Waals surface area contributed by atoms with Crippen molar-refractivity contribution in [1.29, 1.82) is 0 Å². The maximum absolute atomic E-state index is 11.9. The zero-order chi connectivity index (χ0) is 17.5. The van der Waals surface area contributed by atoms with E-state index < -0.39 is 4.92 Å². The van der Waals surface area contributed by atoms with Crippen LogP contribution in [-0.2, 0) is 13.0 Å². The van der Waals surface area contributed by atoms with Gasteiger partial charge in [0.2, 0.25) is 0 Å². The maximum Gasteiger partial charge on any atom is 0.270 e. The topological polar surface area (TPSA) is 104 Å². The van der Waals surface area contributed by atoms with Crippen molar-refractivity contribution in [2.75, 3.05) is 18.9 Å². The Morgan fingerprint density at radius 3 is 2.42 bits per heavy atom. The monoisotopic (exact) mass is 329 g/mol. The minimum Gasteiger partial charge on any atom is -0.392 e. The number of aliphatic hydroxyl groups is 1. The molecule has 1 amide bonds. The van der Waals surface area contributed by atoms with Crippen LogP contribution in [0.5, 0.6) is 0 Å². The molecule has 2 aromatic rings. The lowest BCUT2D eigenvalue weighted by atomic mass is 10.1. The van der Waals surface area contributed by atoms with Gasteiger partial charge in [0.25, 0.3) is 11.6 Å². The lowest BCUT2D eigenvalue weighted by Crippen LogP contribution is -2.20. The van der Waals surface area contributed by atoms with Gasteiger partial charge in [0, 0.05) is 31.4 Å². The lowest BCUT2D eigenvalue weighted by molar-refractivity contribution is -0.384. The van der Waals surface area contributed by atoms with E-state index >= 15 is 0 Å². The standard InChI is InChI=1S/C17H19N3O4/c1-18-17(22)15-10-14(20(23)24)6-7-16(15)19-9-8-12-2-4-13(11-21)5-3-12/h2-7,10,19,21H,8-9,11H2,1H3,(H,18,22). The molecule has 0 heterocycles. The summed E-state index contributed by atoms with van der Waals surface area (Å²) < 4.78 is 0. The number of rotatable bonds is 7. The van der Waals surface area contributed by atoms with Gasteiger partial charge in [-0.2, -0.15) is 0 Å². The molecule has 0 aliphatic carbocycles. The van der Waals surface area contributed by atoms with Crippen LogP contribution in [-0.4, -0.2) is 29.5 Å². The highest BCUT2D eigenvalue weighted by Gasteiger charge is 2.15. The number of nitrogens with one attached hydrogen (secondary N) is 2. The highest BCUT2D eigenvalue weighted by molar-refractivity contribution is 6.00. The second-order valence-corrected chi connectivity index (χ2v) is 5.22. The van der Waals surface area contributed by atoms with E-state index in [-0.39, 0.29) is 23.8 Å². The molecule has 0 radical (unpaired) electrons. The number of nitrogens with zero attached hydrogens (tertiary/aromatic N) is 1. The van der Waals surface area contributed by atoms with Crippen molar-refractivity contribution in [2.45, 2.75) is 13.0 Å². The number of benzene rings is 2. The number of carbonyl (C=O) groups is 1. The van der Waals surface area contributed by atoms with Gasteiger partial charge in [-0.1, -0.05) is 24.3 Å². The molecule has 7 nitrogen and oxygen atoms in total. The Bertz CT molecular complexity index is 729. The van der Waals surface area contributed by atoms with Crippen LogP contribution >= 0.6 is 0 Å². The van der Waals surface area contributed by atoms with E-state index in [2.05, 4.69) is 10.6 Å². The molecule has 0 atom stereocenters. The fourth-order valence-corrected chi connectivity index (χ4v) is 2.28. The van der Waals surface area contributed by atoms with Crippen LogP contribution in [0.15, 0.2) is 42.5 Å². The Morgan fingerprint density at radius 2 is 1.83 bits per heavy atom. The number of hydrogen-bond acceptors (Lipinski definition) is 5. The predicted octanol–water partition coefficient (Wildman–Crippen LogP) is 2.10. The Kier molecular flexibility index (Phi) is 5.86. The average molecular weight is 329 g/mol. The van der Waals surface area contributed by atoms with Crippen LogP contribution in [0.4, 0.5) is 11.4 Å². The van der Waals surface area contributed by atoms with E-state index in [0.717, 1.165) is 17.5 Å². The van der Waals surface area contributed by atoms with Crippen LogP contribution < -0.4 is 10.6 Å². The first-order valence-electron chi connectivity index (χ1n) is 7.48. The quantitative estimate of drug-likeness (QED) is 0.533. The molecule has 0 spiro atoms. The molecule has 7 heteroatoms. The molecule has 0 bridgehead atoms. The van der Waals surface area contributed by atoms with E-state index in [1.165, 1.54) is 25.2 Å². The van der Waals surface area contributed by atoms with Crippen LogP contribution in [0, 0.1) is 10.1 Å². The van der Waals surface area contributed by atoms with Crippen LogP contribution in [0.1, 0.15) is 21.5 Å². The van der Waals surface area contributed by atoms with Crippen molar-refractivity contribution in [3.8, 4) is 0 Å². The van der Waals surface area contributed by atoms with Crippen molar-refractivity contribution in [3.05, 3.63) is 69.3 Å². The van der Waals surface area contributed by atoms with Crippen LogP contribution in [0.25, 0.3) is 0 Å². The van der Waals surface area contributed by atoms with Gasteiger partial charge in [-0.05, 0) is 23.6 Å². The fourth-order valence-electron chi connectivity index (χ4n) is 2.28. The number of hydrogen-bond donors (Lipinski definition) is 3. The van der Waals surface area contributed by atoms with Crippen molar-refractivity contribution in [3.63, 3.8) is 0 Å². The first kappa shape index (κ1) is 17.4. The molecule has 0 aliphatic heterocycles. The smallest absolute Gasteiger partial charge is 0.270 e. The third kappa shape index (κ3) is 4.30. The largest absolute Gasteiger partial charge is 0.392 e. The van der Waals surface area contributed by atoms with Crippen molar-refractivity contribution >= 4 is 17.3 Å². The number of aliphatic hydroxyl groups excluding tert-OH is 1. The van der Waals surface area contributed by atoms with E-state index in [9.17, 15) is 14.9 Å². The summed E-state index contributed by atoms with van der Waals surface area (Å²) in [6.07, 6.45) is 0.718. The molecular weight excluding hydrogens is 310 g/mol. The third-order valence-electron chi connectivity index (χ3n) is 3.62. The van der Waals surface area contributed by atoms with Gasteiger partial charge < -0.3 is 15.7 Å². The molecule has 0 unspecified atom stereocenters. The summed E-state index contributed by atoms with van der Waals surface area (Å²) in [5.41, 5.74) is 2.60. The van der Waals surface area contributed by atoms with E-state index in [1.807, 2.05) is 24.3 Å². The summed E-state index contributed by atoms with van der Waals surface area (Å²) in [6.45, 7) is 0.580. The second kappa shape index (κ2) is 8.07. The average Bonchev–Trinajstić information content (AvgIpc) is 2.61. The minimum atomic E-state index is -0.529. The number of non-ortho nitro benzene ring substituents is 1. The fraction of sp³-hybridized carbons (Fsp3) is 0.235. The zero-order valence-electron chi connectivity index (χ0n) is 13.3. The summed E-state index contributed by atoms with van der Waals surface area (Å²) in [5, 5.41) is 25.5. The molecule has 2 rings (SSSR count). The summed E-state index contributed by atoms with van der Waals surface area (Å²) in [7, 11) is 1.48. The third-order valence-corrected chi connectivity index (χ3v) is 3.62. The van der Waals surface area contributed by atoms with E-state index in [0.29, 0.717) is 12.2 Å². The molecule has 126 valence electrons. The summed E-state index contributed by atoms with van der Waals surface area (Å²) in [4.78, 5) is 22.2. The number of anilines is 1. The van der Waals surface area contributed by atoms with Gasteiger partial charge in [-0.25, -0.2) is 0 Å². The Balaban J connectivity index is 2.07. The Morgan fingerprint density at radius 1 is 1.17 bits per heavy atom. The van der Waals surface area contributed by atoms with Gasteiger partial charge in [0.05, 0.1) is 17.1 Å². The number of carbonyl (C=O) groups excluding carboxylic acids is 1. The van der Waals surface area contributed by atoms with Gasteiger partial charge in [-0.3, -0.25) is 14.9 Å².